The molecule has 0 aromatic heterocycles. The molecule has 1 aliphatic heterocycles. The molecule has 33 heavy (non-hydrogen) atoms. The third kappa shape index (κ3) is 4.72. The molecule has 4 rings (SSSR count). The van der Waals surface area contributed by atoms with Crippen LogP contribution in [0.4, 0.5) is 5.69 Å². The van der Waals surface area contributed by atoms with Gasteiger partial charge in [-0.15, -0.1) is 0 Å². The van der Waals surface area contributed by atoms with Gasteiger partial charge in [0.25, 0.3) is 5.91 Å². The predicted octanol–water partition coefficient (Wildman–Crippen LogP) is 5.79. The van der Waals surface area contributed by atoms with Crippen LogP contribution in [-0.2, 0) is 4.79 Å². The van der Waals surface area contributed by atoms with Gasteiger partial charge in [0.15, 0.2) is 6.61 Å². The first-order valence-electron chi connectivity index (χ1n) is 11.6. The monoisotopic (exact) mass is 443 g/mol. The van der Waals surface area contributed by atoms with Gasteiger partial charge < -0.3 is 9.64 Å². The van der Waals surface area contributed by atoms with E-state index in [0.717, 1.165) is 34.9 Å². The molecular formula is C28H33N3O2. The second kappa shape index (κ2) is 9.26. The van der Waals surface area contributed by atoms with E-state index in [9.17, 15) is 4.79 Å². The van der Waals surface area contributed by atoms with E-state index in [1.165, 1.54) is 11.3 Å². The van der Waals surface area contributed by atoms with Crippen LogP contribution in [0.25, 0.3) is 10.8 Å². The molecule has 3 aromatic rings. The van der Waals surface area contributed by atoms with Gasteiger partial charge in [0, 0.05) is 23.2 Å². The first-order chi connectivity index (χ1) is 15.8. The molecule has 0 fully saturated rings. The molecule has 3 aromatic carbocycles. The van der Waals surface area contributed by atoms with Crippen LogP contribution in [0, 0.1) is 6.92 Å². The number of amides is 1. The number of ether oxygens (including phenoxy) is 1. The molecule has 0 saturated carbocycles. The number of hydrazone groups is 1. The Balaban J connectivity index is 1.43. The Morgan fingerprint density at radius 2 is 1.97 bits per heavy atom. The fourth-order valence-corrected chi connectivity index (χ4v) is 5.06. The zero-order chi connectivity index (χ0) is 23.6. The number of benzene rings is 3. The summed E-state index contributed by atoms with van der Waals surface area (Å²) in [6.07, 6.45) is 2.84. The Morgan fingerprint density at radius 1 is 1.21 bits per heavy atom. The smallest absolute Gasteiger partial charge is 0.277 e. The molecule has 1 heterocycles. The van der Waals surface area contributed by atoms with Crippen molar-refractivity contribution in [2.24, 2.45) is 5.10 Å². The summed E-state index contributed by atoms with van der Waals surface area (Å²) < 4.78 is 5.75. The Kier molecular flexibility index (Phi) is 6.41. The van der Waals surface area contributed by atoms with Crippen molar-refractivity contribution >= 4 is 28.6 Å². The summed E-state index contributed by atoms with van der Waals surface area (Å²) in [5.41, 5.74) is 7.55. The number of anilines is 1. The Hall–Kier alpha value is -3.34. The van der Waals surface area contributed by atoms with Crippen molar-refractivity contribution in [2.45, 2.75) is 52.5 Å². The molecular weight excluding hydrogens is 410 g/mol. The molecule has 5 heteroatoms. The zero-order valence-corrected chi connectivity index (χ0v) is 20.2. The van der Waals surface area contributed by atoms with E-state index in [0.29, 0.717) is 11.7 Å². The molecule has 1 atom stereocenters. The van der Waals surface area contributed by atoms with Gasteiger partial charge in [-0.2, -0.15) is 5.10 Å². The van der Waals surface area contributed by atoms with Gasteiger partial charge in [0.1, 0.15) is 5.75 Å². The van der Waals surface area contributed by atoms with Crippen LogP contribution >= 0.6 is 0 Å². The van der Waals surface area contributed by atoms with Crippen LogP contribution in [-0.4, -0.2) is 30.8 Å². The van der Waals surface area contributed by atoms with Crippen molar-refractivity contribution in [1.29, 1.82) is 0 Å². The highest BCUT2D eigenvalue weighted by Crippen LogP contribution is 2.44. The number of hydrogen-bond acceptors (Lipinski definition) is 4. The fraction of sp³-hybridized carbons (Fsp3) is 0.357. The van der Waals surface area contributed by atoms with Crippen LogP contribution in [0.15, 0.2) is 59.7 Å². The Bertz CT molecular complexity index is 1190. The fourth-order valence-electron chi connectivity index (χ4n) is 5.06. The molecule has 0 saturated heterocycles. The summed E-state index contributed by atoms with van der Waals surface area (Å²) in [6.45, 7) is 12.1. The third-order valence-corrected chi connectivity index (χ3v) is 6.59. The van der Waals surface area contributed by atoms with Gasteiger partial charge in [0.05, 0.1) is 6.21 Å². The van der Waals surface area contributed by atoms with Gasteiger partial charge in [-0.05, 0) is 80.3 Å². The highest BCUT2D eigenvalue weighted by Gasteiger charge is 2.35. The van der Waals surface area contributed by atoms with Crippen molar-refractivity contribution in [2.75, 3.05) is 18.1 Å². The lowest BCUT2D eigenvalue weighted by molar-refractivity contribution is -0.123. The lowest BCUT2D eigenvalue weighted by atomic mass is 9.79. The average molecular weight is 444 g/mol. The van der Waals surface area contributed by atoms with Gasteiger partial charge >= 0.3 is 0 Å². The largest absolute Gasteiger partial charge is 0.483 e. The van der Waals surface area contributed by atoms with E-state index < -0.39 is 0 Å². The molecule has 172 valence electrons. The number of aryl methyl sites for hydroxylation is 1. The molecule has 1 unspecified atom stereocenters. The van der Waals surface area contributed by atoms with Gasteiger partial charge in [0.2, 0.25) is 0 Å². The highest BCUT2D eigenvalue weighted by molar-refractivity contribution is 5.89. The van der Waals surface area contributed by atoms with Crippen LogP contribution < -0.4 is 15.1 Å². The zero-order valence-electron chi connectivity index (χ0n) is 20.2. The molecule has 1 aliphatic rings. The second-order valence-corrected chi connectivity index (χ2v) is 9.49. The van der Waals surface area contributed by atoms with Gasteiger partial charge in [-0.1, -0.05) is 43.3 Å². The predicted molar refractivity (Wildman–Crippen MR) is 136 cm³/mol. The maximum atomic E-state index is 12.3. The molecule has 1 N–H and O–H groups in total. The number of rotatable bonds is 6. The quantitative estimate of drug-likeness (QED) is 0.388. The van der Waals surface area contributed by atoms with E-state index in [1.54, 1.807) is 6.21 Å². The van der Waals surface area contributed by atoms with Crippen molar-refractivity contribution in [3.05, 3.63) is 71.3 Å². The number of hydrogen-bond donors (Lipinski definition) is 1. The summed E-state index contributed by atoms with van der Waals surface area (Å²) in [4.78, 5) is 14.8. The molecule has 5 nitrogen and oxygen atoms in total. The first-order valence-corrected chi connectivity index (χ1v) is 11.6. The number of carbonyl (C=O) groups is 1. The molecule has 0 bridgehead atoms. The van der Waals surface area contributed by atoms with E-state index in [-0.39, 0.29) is 18.1 Å². The minimum atomic E-state index is -0.290. The minimum absolute atomic E-state index is 0.0912. The lowest BCUT2D eigenvalue weighted by Gasteiger charge is -2.47. The Labute approximate surface area is 196 Å². The average Bonchev–Trinajstić information content (AvgIpc) is 2.78. The van der Waals surface area contributed by atoms with Crippen molar-refractivity contribution in [3.63, 3.8) is 0 Å². The van der Waals surface area contributed by atoms with Gasteiger partial charge in [-0.3, -0.25) is 4.79 Å². The molecule has 1 amide bonds. The molecule has 0 spiro atoms. The van der Waals surface area contributed by atoms with Crippen LogP contribution in [0.3, 0.4) is 0 Å². The van der Waals surface area contributed by atoms with E-state index in [2.05, 4.69) is 62.2 Å². The van der Waals surface area contributed by atoms with Crippen LogP contribution in [0.2, 0.25) is 0 Å². The van der Waals surface area contributed by atoms with Gasteiger partial charge in [-0.25, -0.2) is 5.43 Å². The van der Waals surface area contributed by atoms with Crippen LogP contribution in [0.1, 0.15) is 56.7 Å². The summed E-state index contributed by atoms with van der Waals surface area (Å²) in [5, 5.41) is 6.27. The summed E-state index contributed by atoms with van der Waals surface area (Å²) >= 11 is 0. The van der Waals surface area contributed by atoms with Crippen molar-refractivity contribution < 1.29 is 9.53 Å². The van der Waals surface area contributed by atoms with E-state index >= 15 is 0 Å². The van der Waals surface area contributed by atoms with Crippen molar-refractivity contribution in [1.82, 2.24) is 5.43 Å². The number of nitrogens with zero attached hydrogens (tertiary/aromatic N) is 2. The molecule has 0 aliphatic carbocycles. The third-order valence-electron chi connectivity index (χ3n) is 6.59. The molecule has 0 radical (unpaired) electrons. The minimum Gasteiger partial charge on any atom is -0.483 e. The Morgan fingerprint density at radius 3 is 2.76 bits per heavy atom. The summed E-state index contributed by atoms with van der Waals surface area (Å²) in [5.74, 6) is 0.867. The lowest BCUT2D eigenvalue weighted by Crippen LogP contribution is -2.48. The number of carbonyl (C=O) groups excluding carboxylic acids is 1. The highest BCUT2D eigenvalue weighted by atomic mass is 16.5. The maximum absolute atomic E-state index is 12.3. The number of nitrogens with one attached hydrogen (secondary N) is 1. The maximum Gasteiger partial charge on any atom is 0.277 e. The normalized spacial score (nSPS) is 17.2. The SMILES string of the molecule is CCN1c2cc(C)c(/C=N/NC(=O)COc3cccc4ccccc34)cc2C(C)CC1(C)C. The van der Waals surface area contributed by atoms with E-state index in [4.69, 9.17) is 4.74 Å². The van der Waals surface area contributed by atoms with Crippen LogP contribution in [0.5, 0.6) is 5.75 Å². The summed E-state index contributed by atoms with van der Waals surface area (Å²) in [6, 6.07) is 18.2. The standard InChI is InChI=1S/C28H33N3O2/c1-6-31-25-14-19(2)22(15-24(25)20(3)16-28(31,4)5)17-29-30-27(32)18-33-26-13-9-11-21-10-7-8-12-23(21)26/h7-15,17,20H,6,16,18H2,1-5H3,(H,30,32)/b29-17+. The van der Waals surface area contributed by atoms with Crippen molar-refractivity contribution in [3.8, 4) is 5.75 Å². The first kappa shape index (κ1) is 22.8. The second-order valence-electron chi connectivity index (χ2n) is 9.49. The topological polar surface area (TPSA) is 53.9 Å². The number of fused-ring (bicyclic) bond motifs is 2. The van der Waals surface area contributed by atoms with E-state index in [1.807, 2.05) is 42.5 Å². The summed E-state index contributed by atoms with van der Waals surface area (Å²) in [7, 11) is 0.